The fourth-order valence-corrected chi connectivity index (χ4v) is 8.96. The lowest BCUT2D eigenvalue weighted by molar-refractivity contribution is -0.167. The third-order valence-corrected chi connectivity index (χ3v) is 13.7. The van der Waals surface area contributed by atoms with Crippen LogP contribution in [0.1, 0.15) is 310 Å². The van der Waals surface area contributed by atoms with Gasteiger partial charge in [0.25, 0.3) is 0 Å². The van der Waals surface area contributed by atoms with E-state index in [1.165, 1.54) is 173 Å². The first kappa shape index (κ1) is 70.6. The Morgan fingerprint density at radius 1 is 0.284 bits per heavy atom. The van der Waals surface area contributed by atoms with Crippen molar-refractivity contribution in [1.29, 1.82) is 0 Å². The van der Waals surface area contributed by atoms with E-state index in [2.05, 4.69) is 106 Å². The molecule has 0 aliphatic heterocycles. The molecule has 6 heteroatoms. The van der Waals surface area contributed by atoms with E-state index >= 15 is 0 Å². The van der Waals surface area contributed by atoms with Crippen LogP contribution in [-0.4, -0.2) is 37.2 Å². The number of rotatable bonds is 57. The van der Waals surface area contributed by atoms with Crippen molar-refractivity contribution in [1.82, 2.24) is 0 Å². The molecular weight excluding hydrogens is 913 g/mol. The molecular formula is C68H118O6. The molecule has 0 saturated heterocycles. The van der Waals surface area contributed by atoms with Gasteiger partial charge in [0.1, 0.15) is 13.2 Å². The van der Waals surface area contributed by atoms with Crippen molar-refractivity contribution in [3.05, 3.63) is 85.1 Å². The van der Waals surface area contributed by atoms with Crippen LogP contribution in [0.5, 0.6) is 0 Å². The Hall–Kier alpha value is -3.41. The summed E-state index contributed by atoms with van der Waals surface area (Å²) in [7, 11) is 0. The van der Waals surface area contributed by atoms with Crippen LogP contribution >= 0.6 is 0 Å². The molecule has 0 N–H and O–H groups in total. The SMILES string of the molecule is CC/C=C\C/C=C\C/C=C\C/C=C\C/C=C\C/C=C\C/C=C\CCCC(=O)OCC(COC(=O)CCCCCCCCCCCCCCC)OC(=O)CCCCCCCCCCCCCCCCCCCCCC. The Morgan fingerprint density at radius 2 is 0.527 bits per heavy atom. The molecule has 0 aromatic heterocycles. The molecule has 0 aliphatic rings. The molecule has 0 saturated carbocycles. The van der Waals surface area contributed by atoms with Gasteiger partial charge < -0.3 is 14.2 Å². The van der Waals surface area contributed by atoms with Gasteiger partial charge in [0, 0.05) is 19.3 Å². The van der Waals surface area contributed by atoms with E-state index in [1.807, 2.05) is 0 Å². The molecule has 0 radical (unpaired) electrons. The number of hydrogen-bond acceptors (Lipinski definition) is 6. The maximum Gasteiger partial charge on any atom is 0.306 e. The summed E-state index contributed by atoms with van der Waals surface area (Å²) < 4.78 is 16.9. The summed E-state index contributed by atoms with van der Waals surface area (Å²) >= 11 is 0. The van der Waals surface area contributed by atoms with Gasteiger partial charge in [-0.15, -0.1) is 0 Å². The number of hydrogen-bond donors (Lipinski definition) is 0. The van der Waals surface area contributed by atoms with Crippen LogP contribution in [0.3, 0.4) is 0 Å². The predicted octanol–water partition coefficient (Wildman–Crippen LogP) is 21.5. The van der Waals surface area contributed by atoms with Crippen molar-refractivity contribution in [2.75, 3.05) is 13.2 Å². The van der Waals surface area contributed by atoms with Gasteiger partial charge in [0.2, 0.25) is 0 Å². The third kappa shape index (κ3) is 59.5. The Bertz CT molecular complexity index is 1420. The molecule has 74 heavy (non-hydrogen) atoms. The second kappa shape index (κ2) is 62.1. The van der Waals surface area contributed by atoms with Gasteiger partial charge in [-0.05, 0) is 70.6 Å². The van der Waals surface area contributed by atoms with E-state index in [0.29, 0.717) is 19.3 Å². The predicted molar refractivity (Wildman–Crippen MR) is 321 cm³/mol. The van der Waals surface area contributed by atoms with Gasteiger partial charge in [-0.25, -0.2) is 0 Å². The molecule has 0 spiro atoms. The van der Waals surface area contributed by atoms with Crippen LogP contribution in [0, 0.1) is 0 Å². The summed E-state index contributed by atoms with van der Waals surface area (Å²) in [5.74, 6) is -0.938. The lowest BCUT2D eigenvalue weighted by Crippen LogP contribution is -2.30. The van der Waals surface area contributed by atoms with Crippen LogP contribution in [0.2, 0.25) is 0 Å². The minimum atomic E-state index is -0.798. The van der Waals surface area contributed by atoms with Gasteiger partial charge in [0.05, 0.1) is 0 Å². The fourth-order valence-electron chi connectivity index (χ4n) is 8.96. The van der Waals surface area contributed by atoms with Crippen molar-refractivity contribution in [2.45, 2.75) is 316 Å². The highest BCUT2D eigenvalue weighted by Crippen LogP contribution is 2.17. The van der Waals surface area contributed by atoms with E-state index in [-0.39, 0.29) is 37.5 Å². The van der Waals surface area contributed by atoms with Crippen LogP contribution < -0.4 is 0 Å². The zero-order valence-corrected chi connectivity index (χ0v) is 48.8. The molecule has 1 atom stereocenters. The summed E-state index contributed by atoms with van der Waals surface area (Å²) in [6.07, 6.45) is 81.6. The summed E-state index contributed by atoms with van der Waals surface area (Å²) in [5, 5.41) is 0. The second-order valence-corrected chi connectivity index (χ2v) is 21.0. The lowest BCUT2D eigenvalue weighted by Gasteiger charge is -2.18. The standard InChI is InChI=1S/C68H118O6/c1-4-7-10-13-16-19-22-25-27-29-31-33-34-35-37-38-40-43-46-49-52-55-58-61-67(70)73-64-65(63-72-66(69)60-57-54-51-48-45-42-24-21-18-15-12-9-6-3)74-68(71)62-59-56-53-50-47-44-41-39-36-32-30-28-26-23-20-17-14-11-8-5-2/h7,10,16,19,25,27,31,33,35,37,40,43,49,52,65H,4-6,8-9,11-15,17-18,20-24,26,28-30,32,34,36,38-39,41-42,44-48,50-51,53-64H2,1-3H3/b10-7-,19-16-,27-25-,33-31-,37-35-,43-40-,52-49-. The van der Waals surface area contributed by atoms with Crippen molar-refractivity contribution >= 4 is 17.9 Å². The third-order valence-electron chi connectivity index (χ3n) is 13.7. The van der Waals surface area contributed by atoms with Gasteiger partial charge in [0.15, 0.2) is 6.10 Å². The molecule has 0 amide bonds. The molecule has 0 fully saturated rings. The molecule has 6 nitrogen and oxygen atoms in total. The van der Waals surface area contributed by atoms with E-state index < -0.39 is 6.10 Å². The van der Waals surface area contributed by atoms with Gasteiger partial charge in [-0.1, -0.05) is 305 Å². The fraction of sp³-hybridized carbons (Fsp3) is 0.750. The quantitative estimate of drug-likeness (QED) is 0.0261. The summed E-state index contributed by atoms with van der Waals surface area (Å²) in [5.41, 5.74) is 0. The monoisotopic (exact) mass is 1030 g/mol. The Kier molecular flexibility index (Phi) is 59.3. The van der Waals surface area contributed by atoms with Gasteiger partial charge in [-0.3, -0.25) is 14.4 Å². The number of carbonyl (C=O) groups excluding carboxylic acids is 3. The van der Waals surface area contributed by atoms with E-state index in [1.54, 1.807) is 0 Å². The minimum Gasteiger partial charge on any atom is -0.462 e. The highest BCUT2D eigenvalue weighted by molar-refractivity contribution is 5.71. The molecule has 426 valence electrons. The van der Waals surface area contributed by atoms with Gasteiger partial charge >= 0.3 is 17.9 Å². The van der Waals surface area contributed by atoms with Crippen LogP contribution in [0.25, 0.3) is 0 Å². The molecule has 0 aromatic carbocycles. The first-order chi connectivity index (χ1) is 36.5. The van der Waals surface area contributed by atoms with Crippen molar-refractivity contribution < 1.29 is 28.6 Å². The zero-order valence-electron chi connectivity index (χ0n) is 48.8. The van der Waals surface area contributed by atoms with Crippen LogP contribution in [0.15, 0.2) is 85.1 Å². The smallest absolute Gasteiger partial charge is 0.306 e. The molecule has 0 aliphatic carbocycles. The van der Waals surface area contributed by atoms with E-state index in [4.69, 9.17) is 14.2 Å². The first-order valence-electron chi connectivity index (χ1n) is 31.6. The number of ether oxygens (including phenoxy) is 3. The average molecular weight is 1030 g/mol. The zero-order chi connectivity index (χ0) is 53.6. The normalized spacial score (nSPS) is 12.6. The average Bonchev–Trinajstić information content (AvgIpc) is 3.40. The van der Waals surface area contributed by atoms with Crippen LogP contribution in [-0.2, 0) is 28.6 Å². The van der Waals surface area contributed by atoms with Gasteiger partial charge in [-0.2, -0.15) is 0 Å². The Morgan fingerprint density at radius 3 is 0.824 bits per heavy atom. The molecule has 0 rings (SSSR count). The molecule has 1 unspecified atom stereocenters. The largest absolute Gasteiger partial charge is 0.462 e. The summed E-state index contributed by atoms with van der Waals surface area (Å²) in [4.78, 5) is 38.3. The second-order valence-electron chi connectivity index (χ2n) is 21.0. The topological polar surface area (TPSA) is 78.9 Å². The first-order valence-corrected chi connectivity index (χ1v) is 31.6. The highest BCUT2D eigenvalue weighted by atomic mass is 16.6. The highest BCUT2D eigenvalue weighted by Gasteiger charge is 2.19. The number of allylic oxidation sites excluding steroid dienone is 14. The lowest BCUT2D eigenvalue weighted by atomic mass is 10.0. The molecule has 0 bridgehead atoms. The summed E-state index contributed by atoms with van der Waals surface area (Å²) in [6.45, 7) is 6.52. The number of carbonyl (C=O) groups is 3. The maximum atomic E-state index is 12.9. The Balaban J connectivity index is 4.42. The number of unbranched alkanes of at least 4 members (excludes halogenated alkanes) is 32. The summed E-state index contributed by atoms with van der Waals surface area (Å²) in [6, 6.07) is 0. The van der Waals surface area contributed by atoms with E-state index in [9.17, 15) is 14.4 Å². The van der Waals surface area contributed by atoms with Crippen molar-refractivity contribution in [2.24, 2.45) is 0 Å². The molecule has 0 heterocycles. The Labute approximate surface area is 458 Å². The van der Waals surface area contributed by atoms with Crippen molar-refractivity contribution in [3.63, 3.8) is 0 Å². The van der Waals surface area contributed by atoms with Crippen LogP contribution in [0.4, 0.5) is 0 Å². The maximum absolute atomic E-state index is 12.9. The van der Waals surface area contributed by atoms with E-state index in [0.717, 1.165) is 89.9 Å². The number of esters is 3. The minimum absolute atomic E-state index is 0.0904. The molecule has 0 aromatic rings. The van der Waals surface area contributed by atoms with Crippen molar-refractivity contribution in [3.8, 4) is 0 Å².